The summed E-state index contributed by atoms with van der Waals surface area (Å²) in [5, 5.41) is 8.96. The van der Waals surface area contributed by atoms with Crippen LogP contribution in [0.2, 0.25) is 0 Å². The van der Waals surface area contributed by atoms with Crippen LogP contribution in [0.3, 0.4) is 0 Å². The van der Waals surface area contributed by atoms with Gasteiger partial charge in [-0.2, -0.15) is 10.7 Å². The fraction of sp³-hybridized carbons (Fsp3) is 0.800. The van der Waals surface area contributed by atoms with E-state index in [1.807, 2.05) is 0 Å². The number of rotatable bonds is 4. The van der Waals surface area contributed by atoms with Gasteiger partial charge in [-0.15, -0.1) is 0 Å². The molecule has 1 aliphatic rings. The van der Waals surface area contributed by atoms with Crippen LogP contribution in [-0.2, 0) is 9.63 Å². The van der Waals surface area contributed by atoms with E-state index >= 15 is 0 Å². The maximum Gasteiger partial charge on any atom is 0.245 e. The molecule has 0 saturated heterocycles. The van der Waals surface area contributed by atoms with Gasteiger partial charge in [0, 0.05) is 6.04 Å². The van der Waals surface area contributed by atoms with Crippen molar-refractivity contribution in [2.24, 2.45) is 11.7 Å². The molecule has 84 valence electrons. The van der Waals surface area contributed by atoms with Gasteiger partial charge in [0.2, 0.25) is 5.91 Å². The lowest BCUT2D eigenvalue weighted by molar-refractivity contribution is -0.126. The maximum atomic E-state index is 10.5. The molecule has 1 aliphatic carbocycles. The molecule has 0 aromatic rings. The molecule has 3 N–H and O–H groups in total. The minimum Gasteiger partial charge on any atom is -0.368 e. The van der Waals surface area contributed by atoms with E-state index in [4.69, 9.17) is 15.8 Å². The number of hydrogen-bond donors (Lipinski definition) is 2. The molecule has 0 aromatic heterocycles. The molecule has 1 rings (SSSR count). The molecule has 0 radical (unpaired) electrons. The number of primary amides is 1. The van der Waals surface area contributed by atoms with Gasteiger partial charge in [-0.1, -0.05) is 19.3 Å². The summed E-state index contributed by atoms with van der Waals surface area (Å²) in [5.41, 5.74) is 7.71. The van der Waals surface area contributed by atoms with Crippen LogP contribution in [0.5, 0.6) is 0 Å². The molecule has 0 bridgehead atoms. The molecule has 0 heterocycles. The zero-order valence-corrected chi connectivity index (χ0v) is 8.74. The Balaban J connectivity index is 2.35. The predicted octanol–water partition coefficient (Wildman–Crippen LogP) is 0.465. The molecule has 0 spiro atoms. The van der Waals surface area contributed by atoms with Crippen molar-refractivity contribution in [2.75, 3.05) is 6.61 Å². The molecule has 5 heteroatoms. The van der Waals surface area contributed by atoms with Crippen molar-refractivity contribution < 1.29 is 9.63 Å². The molecular formula is C10H17N3O2. The predicted molar refractivity (Wildman–Crippen MR) is 54.3 cm³/mol. The summed E-state index contributed by atoms with van der Waals surface area (Å²) in [6.07, 6.45) is 5.15. The number of nitrogens with zero attached hydrogens (tertiary/aromatic N) is 1. The molecule has 0 aromatic carbocycles. The second-order valence-electron chi connectivity index (χ2n) is 3.85. The second kappa shape index (κ2) is 6.38. The van der Waals surface area contributed by atoms with Crippen molar-refractivity contribution in [1.29, 1.82) is 5.26 Å². The summed E-state index contributed by atoms with van der Waals surface area (Å²) in [5.74, 6) is -0.537. The molecular weight excluding hydrogens is 194 g/mol. The van der Waals surface area contributed by atoms with Gasteiger partial charge in [0.1, 0.15) is 6.61 Å². The van der Waals surface area contributed by atoms with Crippen molar-refractivity contribution in [3.8, 4) is 6.07 Å². The van der Waals surface area contributed by atoms with Gasteiger partial charge in [-0.25, -0.2) is 0 Å². The van der Waals surface area contributed by atoms with Crippen LogP contribution in [0.15, 0.2) is 0 Å². The lowest BCUT2D eigenvalue weighted by Crippen LogP contribution is -2.37. The average molecular weight is 211 g/mol. The smallest absolute Gasteiger partial charge is 0.245 e. The van der Waals surface area contributed by atoms with E-state index in [1.165, 1.54) is 0 Å². The van der Waals surface area contributed by atoms with Crippen molar-refractivity contribution in [3.63, 3.8) is 0 Å². The Morgan fingerprint density at radius 3 is 2.87 bits per heavy atom. The standard InChI is InChI=1S/C10H17N3O2/c11-6-8-4-2-1-3-5-9(8)13-15-7-10(12)14/h8-9,13H,1-5,7H2,(H2,12,14). The molecule has 15 heavy (non-hydrogen) atoms. The van der Waals surface area contributed by atoms with Crippen LogP contribution in [0.25, 0.3) is 0 Å². The molecule has 2 unspecified atom stereocenters. The Morgan fingerprint density at radius 1 is 1.47 bits per heavy atom. The number of nitrogens with one attached hydrogen (secondary N) is 1. The Hall–Kier alpha value is -1.12. The molecule has 1 fully saturated rings. The van der Waals surface area contributed by atoms with E-state index in [2.05, 4.69) is 11.5 Å². The highest BCUT2D eigenvalue weighted by molar-refractivity contribution is 5.74. The van der Waals surface area contributed by atoms with Gasteiger partial charge in [0.05, 0.1) is 12.0 Å². The first-order chi connectivity index (χ1) is 7.24. The summed E-state index contributed by atoms with van der Waals surface area (Å²) in [7, 11) is 0. The SMILES string of the molecule is N#CC1CCCCCC1NOCC(N)=O. The van der Waals surface area contributed by atoms with Crippen LogP contribution < -0.4 is 11.2 Å². The van der Waals surface area contributed by atoms with Crippen molar-refractivity contribution in [1.82, 2.24) is 5.48 Å². The summed E-state index contributed by atoms with van der Waals surface area (Å²) in [6.45, 7) is -0.144. The van der Waals surface area contributed by atoms with Gasteiger partial charge >= 0.3 is 0 Å². The molecule has 1 saturated carbocycles. The van der Waals surface area contributed by atoms with E-state index in [-0.39, 0.29) is 18.6 Å². The van der Waals surface area contributed by atoms with Crippen LogP contribution in [0.1, 0.15) is 32.1 Å². The van der Waals surface area contributed by atoms with E-state index in [1.54, 1.807) is 0 Å². The highest BCUT2D eigenvalue weighted by Crippen LogP contribution is 2.22. The first-order valence-corrected chi connectivity index (χ1v) is 5.29. The van der Waals surface area contributed by atoms with E-state index in [0.29, 0.717) is 0 Å². The molecule has 1 amide bonds. The summed E-state index contributed by atoms with van der Waals surface area (Å²) in [6, 6.07) is 2.30. The van der Waals surface area contributed by atoms with E-state index < -0.39 is 5.91 Å². The quantitative estimate of drug-likeness (QED) is 0.522. The van der Waals surface area contributed by atoms with Crippen molar-refractivity contribution >= 4 is 5.91 Å². The topological polar surface area (TPSA) is 88.1 Å². The van der Waals surface area contributed by atoms with Gasteiger partial charge in [0.15, 0.2) is 0 Å². The minimum absolute atomic E-state index is 0.0249. The Kier molecular flexibility index (Phi) is 5.08. The van der Waals surface area contributed by atoms with Gasteiger partial charge in [-0.05, 0) is 12.8 Å². The number of hydrogen-bond acceptors (Lipinski definition) is 4. The third-order valence-corrected chi connectivity index (χ3v) is 2.63. The van der Waals surface area contributed by atoms with Gasteiger partial charge in [0.25, 0.3) is 0 Å². The first-order valence-electron chi connectivity index (χ1n) is 5.29. The highest BCUT2D eigenvalue weighted by Gasteiger charge is 2.23. The third kappa shape index (κ3) is 4.28. The largest absolute Gasteiger partial charge is 0.368 e. The fourth-order valence-corrected chi connectivity index (χ4v) is 1.82. The van der Waals surface area contributed by atoms with Gasteiger partial charge in [-0.3, -0.25) is 9.63 Å². The second-order valence-corrected chi connectivity index (χ2v) is 3.85. The summed E-state index contributed by atoms with van der Waals surface area (Å²) >= 11 is 0. The van der Waals surface area contributed by atoms with Crippen molar-refractivity contribution in [2.45, 2.75) is 38.1 Å². The summed E-state index contributed by atoms with van der Waals surface area (Å²) < 4.78 is 0. The lowest BCUT2D eigenvalue weighted by atomic mass is 9.97. The summed E-state index contributed by atoms with van der Waals surface area (Å²) in [4.78, 5) is 15.4. The number of amides is 1. The number of hydroxylamine groups is 1. The van der Waals surface area contributed by atoms with Crippen LogP contribution >= 0.6 is 0 Å². The fourth-order valence-electron chi connectivity index (χ4n) is 1.82. The van der Waals surface area contributed by atoms with Crippen LogP contribution in [-0.4, -0.2) is 18.6 Å². The molecule has 5 nitrogen and oxygen atoms in total. The van der Waals surface area contributed by atoms with Crippen LogP contribution in [0, 0.1) is 17.2 Å². The van der Waals surface area contributed by atoms with Crippen LogP contribution in [0.4, 0.5) is 0 Å². The molecule has 2 atom stereocenters. The zero-order chi connectivity index (χ0) is 11.1. The maximum absolute atomic E-state index is 10.5. The zero-order valence-electron chi connectivity index (χ0n) is 8.74. The van der Waals surface area contributed by atoms with E-state index in [9.17, 15) is 4.79 Å². The molecule has 0 aliphatic heterocycles. The third-order valence-electron chi connectivity index (χ3n) is 2.63. The monoisotopic (exact) mass is 211 g/mol. The average Bonchev–Trinajstić information content (AvgIpc) is 2.42. The first kappa shape index (κ1) is 12.0. The highest BCUT2D eigenvalue weighted by atomic mass is 16.6. The minimum atomic E-state index is -0.510. The lowest BCUT2D eigenvalue weighted by Gasteiger charge is -2.19. The van der Waals surface area contributed by atoms with Crippen molar-refractivity contribution in [3.05, 3.63) is 0 Å². The Labute approximate surface area is 89.5 Å². The number of nitrogens with two attached hydrogens (primary N) is 1. The van der Waals surface area contributed by atoms with Gasteiger partial charge < -0.3 is 5.73 Å². The normalized spacial score (nSPS) is 26.6. The Morgan fingerprint density at radius 2 is 2.20 bits per heavy atom. The number of nitriles is 1. The Bertz CT molecular complexity index is 250. The van der Waals surface area contributed by atoms with E-state index in [0.717, 1.165) is 32.1 Å². The number of carbonyl (C=O) groups excluding carboxylic acids is 1. The number of carbonyl (C=O) groups is 1.